The Bertz CT molecular complexity index is 638. The van der Waals surface area contributed by atoms with E-state index in [2.05, 4.69) is 57.3 Å². The third-order valence-corrected chi connectivity index (χ3v) is 3.85. The van der Waals surface area contributed by atoms with Crippen molar-refractivity contribution in [3.8, 4) is 11.5 Å². The molecule has 2 aromatic carbocycles. The van der Waals surface area contributed by atoms with Crippen LogP contribution in [0.15, 0.2) is 36.4 Å². The van der Waals surface area contributed by atoms with Crippen molar-refractivity contribution in [3.63, 3.8) is 0 Å². The summed E-state index contributed by atoms with van der Waals surface area (Å²) in [6.45, 7) is 11.3. The second-order valence-corrected chi connectivity index (χ2v) is 5.83. The highest BCUT2D eigenvalue weighted by Gasteiger charge is 2.04. The lowest BCUT2D eigenvalue weighted by molar-refractivity contribution is 0.216. The van der Waals surface area contributed by atoms with E-state index in [1.54, 1.807) is 0 Å². The van der Waals surface area contributed by atoms with Gasteiger partial charge in [0.1, 0.15) is 24.7 Å². The molecule has 0 atom stereocenters. The first-order valence-electron chi connectivity index (χ1n) is 8.23. The van der Waals surface area contributed by atoms with Crippen molar-refractivity contribution in [2.75, 3.05) is 19.8 Å². The van der Waals surface area contributed by atoms with Gasteiger partial charge in [0.15, 0.2) is 0 Å². The van der Waals surface area contributed by atoms with Gasteiger partial charge < -0.3 is 14.8 Å². The largest absolute Gasteiger partial charge is 0.490 e. The highest BCUT2D eigenvalue weighted by atomic mass is 16.5. The molecule has 0 heterocycles. The van der Waals surface area contributed by atoms with Crippen molar-refractivity contribution in [3.05, 3.63) is 58.7 Å². The Morgan fingerprint density at radius 1 is 0.957 bits per heavy atom. The van der Waals surface area contributed by atoms with Crippen LogP contribution in [0.25, 0.3) is 0 Å². The van der Waals surface area contributed by atoms with Crippen LogP contribution in [-0.2, 0) is 6.54 Å². The number of nitrogens with one attached hydrogen (secondary N) is 1. The van der Waals surface area contributed by atoms with E-state index in [4.69, 9.17) is 9.47 Å². The van der Waals surface area contributed by atoms with E-state index in [0.717, 1.165) is 24.6 Å². The van der Waals surface area contributed by atoms with Crippen molar-refractivity contribution in [1.82, 2.24) is 5.32 Å². The molecule has 0 aliphatic heterocycles. The van der Waals surface area contributed by atoms with E-state index in [1.165, 1.54) is 22.3 Å². The van der Waals surface area contributed by atoms with Crippen molar-refractivity contribution in [2.45, 2.75) is 34.2 Å². The third kappa shape index (κ3) is 5.29. The van der Waals surface area contributed by atoms with Crippen LogP contribution in [0, 0.1) is 20.8 Å². The molecule has 0 aliphatic rings. The van der Waals surface area contributed by atoms with E-state index in [0.29, 0.717) is 13.2 Å². The zero-order chi connectivity index (χ0) is 16.7. The van der Waals surface area contributed by atoms with Crippen molar-refractivity contribution < 1.29 is 9.47 Å². The SMILES string of the molecule is CCNCc1cccc(OCCOc2cc(C)cc(C)c2C)c1. The van der Waals surface area contributed by atoms with Crippen LogP contribution in [0.3, 0.4) is 0 Å². The highest BCUT2D eigenvalue weighted by molar-refractivity contribution is 5.41. The summed E-state index contributed by atoms with van der Waals surface area (Å²) >= 11 is 0. The fraction of sp³-hybridized carbons (Fsp3) is 0.400. The maximum atomic E-state index is 5.88. The molecule has 0 saturated heterocycles. The van der Waals surface area contributed by atoms with Crippen LogP contribution >= 0.6 is 0 Å². The Morgan fingerprint density at radius 2 is 1.74 bits per heavy atom. The van der Waals surface area contributed by atoms with Gasteiger partial charge in [-0.2, -0.15) is 0 Å². The maximum absolute atomic E-state index is 5.88. The maximum Gasteiger partial charge on any atom is 0.122 e. The van der Waals surface area contributed by atoms with Crippen LogP contribution in [0.2, 0.25) is 0 Å². The molecule has 0 bridgehead atoms. The van der Waals surface area contributed by atoms with Crippen LogP contribution in [0.1, 0.15) is 29.2 Å². The normalized spacial score (nSPS) is 10.6. The molecule has 0 radical (unpaired) electrons. The van der Waals surface area contributed by atoms with E-state index in [9.17, 15) is 0 Å². The van der Waals surface area contributed by atoms with Crippen molar-refractivity contribution in [1.29, 1.82) is 0 Å². The zero-order valence-corrected chi connectivity index (χ0v) is 14.6. The molecule has 3 nitrogen and oxygen atoms in total. The van der Waals surface area contributed by atoms with E-state index in [1.807, 2.05) is 12.1 Å². The van der Waals surface area contributed by atoms with Gasteiger partial charge in [0.05, 0.1) is 0 Å². The molecule has 0 aliphatic carbocycles. The summed E-state index contributed by atoms with van der Waals surface area (Å²) in [6, 6.07) is 12.4. The number of ether oxygens (including phenoxy) is 2. The molecule has 124 valence electrons. The third-order valence-electron chi connectivity index (χ3n) is 3.85. The first-order chi connectivity index (χ1) is 11.1. The molecule has 23 heavy (non-hydrogen) atoms. The Morgan fingerprint density at radius 3 is 2.52 bits per heavy atom. The van der Waals surface area contributed by atoms with Gasteiger partial charge >= 0.3 is 0 Å². The Balaban J connectivity index is 1.84. The molecule has 0 amide bonds. The molecule has 0 saturated carbocycles. The molecule has 2 rings (SSSR count). The number of benzene rings is 2. The minimum absolute atomic E-state index is 0.539. The predicted octanol–water partition coefficient (Wildman–Crippen LogP) is 4.18. The van der Waals surface area contributed by atoms with Crippen molar-refractivity contribution in [2.24, 2.45) is 0 Å². The van der Waals surface area contributed by atoms with Gasteiger partial charge in [-0.15, -0.1) is 0 Å². The molecule has 0 unspecified atom stereocenters. The van der Waals surface area contributed by atoms with Crippen LogP contribution in [0.4, 0.5) is 0 Å². The van der Waals surface area contributed by atoms with Gasteiger partial charge in [0.2, 0.25) is 0 Å². The minimum Gasteiger partial charge on any atom is -0.490 e. The van der Waals surface area contributed by atoms with Gasteiger partial charge in [-0.25, -0.2) is 0 Å². The molecule has 0 aromatic heterocycles. The summed E-state index contributed by atoms with van der Waals surface area (Å²) in [5, 5.41) is 3.32. The lowest BCUT2D eigenvalue weighted by atomic mass is 10.1. The van der Waals surface area contributed by atoms with E-state index < -0.39 is 0 Å². The molecule has 3 heteroatoms. The molecule has 2 aromatic rings. The number of hydrogen-bond donors (Lipinski definition) is 1. The number of rotatable bonds is 8. The second-order valence-electron chi connectivity index (χ2n) is 5.83. The van der Waals surface area contributed by atoms with Crippen LogP contribution in [0.5, 0.6) is 11.5 Å². The zero-order valence-electron chi connectivity index (χ0n) is 14.6. The quantitative estimate of drug-likeness (QED) is 0.742. The van der Waals surface area contributed by atoms with Crippen LogP contribution < -0.4 is 14.8 Å². The number of aryl methyl sites for hydroxylation is 2. The lowest BCUT2D eigenvalue weighted by Gasteiger charge is -2.13. The lowest BCUT2D eigenvalue weighted by Crippen LogP contribution is -2.12. The molecule has 0 fully saturated rings. The Hall–Kier alpha value is -2.00. The summed E-state index contributed by atoms with van der Waals surface area (Å²) in [7, 11) is 0. The molecule has 0 spiro atoms. The standard InChI is InChI=1S/C20H27NO2/c1-5-21-14-18-7-6-8-19(13-18)22-9-10-23-20-12-15(2)11-16(3)17(20)4/h6-8,11-13,21H,5,9-10,14H2,1-4H3. The minimum atomic E-state index is 0.539. The average Bonchev–Trinajstić information content (AvgIpc) is 2.54. The summed E-state index contributed by atoms with van der Waals surface area (Å²) in [4.78, 5) is 0. The van der Waals surface area contributed by atoms with Gasteiger partial charge in [-0.05, 0) is 67.8 Å². The highest BCUT2D eigenvalue weighted by Crippen LogP contribution is 2.23. The summed E-state index contributed by atoms with van der Waals surface area (Å²) in [5.41, 5.74) is 4.91. The fourth-order valence-electron chi connectivity index (χ4n) is 2.48. The summed E-state index contributed by atoms with van der Waals surface area (Å²) in [5.74, 6) is 1.84. The van der Waals surface area contributed by atoms with E-state index >= 15 is 0 Å². The predicted molar refractivity (Wildman–Crippen MR) is 95.5 cm³/mol. The number of hydrogen-bond acceptors (Lipinski definition) is 3. The Labute approximate surface area is 139 Å². The fourth-order valence-corrected chi connectivity index (χ4v) is 2.48. The van der Waals surface area contributed by atoms with Crippen molar-refractivity contribution >= 4 is 0 Å². The van der Waals surface area contributed by atoms with Crippen LogP contribution in [-0.4, -0.2) is 19.8 Å². The molecule has 1 N–H and O–H groups in total. The smallest absolute Gasteiger partial charge is 0.122 e. The summed E-state index contributed by atoms with van der Waals surface area (Å²) in [6.07, 6.45) is 0. The molecular weight excluding hydrogens is 286 g/mol. The van der Waals surface area contributed by atoms with Gasteiger partial charge in [-0.1, -0.05) is 25.1 Å². The summed E-state index contributed by atoms with van der Waals surface area (Å²) < 4.78 is 11.7. The Kier molecular flexibility index (Phi) is 6.48. The second kappa shape index (κ2) is 8.59. The first kappa shape index (κ1) is 17.4. The monoisotopic (exact) mass is 313 g/mol. The topological polar surface area (TPSA) is 30.5 Å². The van der Waals surface area contributed by atoms with Gasteiger partial charge in [0, 0.05) is 6.54 Å². The van der Waals surface area contributed by atoms with Gasteiger partial charge in [0.25, 0.3) is 0 Å². The molecular formula is C20H27NO2. The van der Waals surface area contributed by atoms with E-state index in [-0.39, 0.29) is 0 Å². The van der Waals surface area contributed by atoms with Gasteiger partial charge in [-0.3, -0.25) is 0 Å². The first-order valence-corrected chi connectivity index (χ1v) is 8.23. The average molecular weight is 313 g/mol.